The molecule has 1 heterocycles. The van der Waals surface area contributed by atoms with Crippen LogP contribution in [0.4, 0.5) is 0 Å². The molecule has 0 atom stereocenters. The van der Waals surface area contributed by atoms with Crippen molar-refractivity contribution in [3.8, 4) is 0 Å². The number of thioether (sulfide) groups is 1. The first-order chi connectivity index (χ1) is 16.2. The van der Waals surface area contributed by atoms with Crippen LogP contribution in [0, 0.1) is 6.92 Å². The Hall–Kier alpha value is -2.24. The van der Waals surface area contributed by atoms with Gasteiger partial charge in [-0.1, -0.05) is 71.8 Å². The van der Waals surface area contributed by atoms with Crippen molar-refractivity contribution in [2.24, 2.45) is 0 Å². The van der Waals surface area contributed by atoms with Crippen LogP contribution in [0.15, 0.2) is 58.3 Å². The second-order valence-electron chi connectivity index (χ2n) is 7.66. The molecule has 0 aromatic heterocycles. The van der Waals surface area contributed by atoms with E-state index in [4.69, 9.17) is 23.8 Å². The Bertz CT molecular complexity index is 1200. The highest BCUT2D eigenvalue weighted by Gasteiger charge is 2.31. The number of carbonyl (C=O) groups is 2. The van der Waals surface area contributed by atoms with Gasteiger partial charge < -0.3 is 0 Å². The van der Waals surface area contributed by atoms with Crippen molar-refractivity contribution in [3.05, 3.63) is 69.6 Å². The average molecular weight is 538 g/mol. The number of sulfonamides is 1. The van der Waals surface area contributed by atoms with Gasteiger partial charge in [0.15, 0.2) is 0 Å². The fraction of sp³-hybridized carbons (Fsp3) is 0.261. The molecule has 1 saturated heterocycles. The minimum atomic E-state index is -3.82. The minimum absolute atomic E-state index is 0.0759. The van der Waals surface area contributed by atoms with Crippen LogP contribution in [-0.4, -0.2) is 36.0 Å². The van der Waals surface area contributed by atoms with Gasteiger partial charge in [-0.15, -0.1) is 4.83 Å². The van der Waals surface area contributed by atoms with Crippen molar-refractivity contribution in [3.63, 3.8) is 0 Å². The van der Waals surface area contributed by atoms with Crippen molar-refractivity contribution in [1.29, 1.82) is 0 Å². The zero-order valence-corrected chi connectivity index (χ0v) is 21.6. The Kier molecular flexibility index (Phi) is 9.26. The number of benzene rings is 2. The monoisotopic (exact) mass is 537 g/mol. The molecule has 2 N–H and O–H groups in total. The number of rotatable bonds is 10. The van der Waals surface area contributed by atoms with Crippen molar-refractivity contribution in [2.45, 2.75) is 37.5 Å². The predicted octanol–water partition coefficient (Wildman–Crippen LogP) is 4.42. The van der Waals surface area contributed by atoms with Gasteiger partial charge in [-0.25, -0.2) is 8.42 Å². The first-order valence-corrected chi connectivity index (χ1v) is 13.6. The van der Waals surface area contributed by atoms with Gasteiger partial charge >= 0.3 is 0 Å². The maximum atomic E-state index is 12.7. The lowest BCUT2D eigenvalue weighted by atomic mass is 10.2. The Balaban J connectivity index is 1.38. The molecule has 1 aliphatic heterocycles. The fourth-order valence-corrected chi connectivity index (χ4v) is 5.39. The van der Waals surface area contributed by atoms with E-state index in [1.165, 1.54) is 23.9 Å². The minimum Gasteiger partial charge on any atom is -0.293 e. The summed E-state index contributed by atoms with van der Waals surface area (Å²) in [7, 11) is -3.82. The molecule has 7 nitrogen and oxygen atoms in total. The lowest BCUT2D eigenvalue weighted by Crippen LogP contribution is -2.41. The summed E-state index contributed by atoms with van der Waals surface area (Å²) in [4.78, 5) is 29.0. The summed E-state index contributed by atoms with van der Waals surface area (Å²) in [6, 6.07) is 13.5. The highest BCUT2D eigenvalue weighted by atomic mass is 35.5. The number of unbranched alkanes of at least 4 members (excludes halogenated alkanes) is 2. The molecule has 180 valence electrons. The molecule has 11 heteroatoms. The van der Waals surface area contributed by atoms with Crippen LogP contribution in [-0.2, 0) is 19.6 Å². The van der Waals surface area contributed by atoms with E-state index in [-0.39, 0.29) is 17.2 Å². The van der Waals surface area contributed by atoms with Crippen molar-refractivity contribution >= 4 is 67.8 Å². The predicted molar refractivity (Wildman–Crippen MR) is 139 cm³/mol. The molecule has 0 spiro atoms. The molecule has 0 unspecified atom stereocenters. The zero-order valence-electron chi connectivity index (χ0n) is 18.4. The van der Waals surface area contributed by atoms with Gasteiger partial charge in [-0.05, 0) is 55.7 Å². The topological polar surface area (TPSA) is 95.6 Å². The number of nitrogens with zero attached hydrogens (tertiary/aromatic N) is 1. The summed E-state index contributed by atoms with van der Waals surface area (Å²) in [5.41, 5.74) is 4.04. The molecule has 2 amide bonds. The van der Waals surface area contributed by atoms with Crippen LogP contribution in [0.3, 0.4) is 0 Å². The molecule has 34 heavy (non-hydrogen) atoms. The number of hydrazine groups is 1. The lowest BCUT2D eigenvalue weighted by molar-refractivity contribution is -0.123. The highest BCUT2D eigenvalue weighted by molar-refractivity contribution is 8.26. The lowest BCUT2D eigenvalue weighted by Gasteiger charge is -2.14. The standard InChI is InChI=1S/C23H24ClN3O4S3/c1-16-6-12-19(13-7-16)34(30,31)26-25-21(28)5-3-2-4-14-27-22(29)20(33-23(27)32)15-17-8-10-18(24)11-9-17/h6-13,15,26H,2-5,14H2,1H3,(H,25,28)/b20-15-. The fourth-order valence-electron chi connectivity index (χ4n) is 3.10. The van der Waals surface area contributed by atoms with Crippen LogP contribution >= 0.6 is 35.6 Å². The normalized spacial score (nSPS) is 15.2. The van der Waals surface area contributed by atoms with Gasteiger partial charge in [0, 0.05) is 18.0 Å². The van der Waals surface area contributed by atoms with E-state index in [1.807, 2.05) is 19.1 Å². The van der Waals surface area contributed by atoms with Gasteiger partial charge in [-0.3, -0.25) is 19.9 Å². The molecular weight excluding hydrogens is 514 g/mol. The van der Waals surface area contributed by atoms with Crippen molar-refractivity contribution < 1.29 is 18.0 Å². The van der Waals surface area contributed by atoms with E-state index in [0.29, 0.717) is 40.1 Å². The SMILES string of the molecule is Cc1ccc(S(=O)(=O)NNC(=O)CCCCCN2C(=O)/C(=C/c3ccc(Cl)cc3)SC2=S)cc1. The Morgan fingerprint density at radius 3 is 2.44 bits per heavy atom. The van der Waals surface area contributed by atoms with E-state index in [2.05, 4.69) is 10.3 Å². The number of thiocarbonyl (C=S) groups is 1. The third kappa shape index (κ3) is 7.38. The third-order valence-electron chi connectivity index (χ3n) is 4.98. The van der Waals surface area contributed by atoms with Gasteiger partial charge in [0.2, 0.25) is 5.91 Å². The number of nitrogens with one attached hydrogen (secondary N) is 2. The van der Waals surface area contributed by atoms with E-state index in [9.17, 15) is 18.0 Å². The maximum Gasteiger partial charge on any atom is 0.266 e. The van der Waals surface area contributed by atoms with Crippen LogP contribution in [0.2, 0.25) is 5.02 Å². The van der Waals surface area contributed by atoms with Crippen LogP contribution < -0.4 is 10.3 Å². The van der Waals surface area contributed by atoms with Crippen LogP contribution in [0.25, 0.3) is 6.08 Å². The Morgan fingerprint density at radius 1 is 1.09 bits per heavy atom. The molecular formula is C23H24ClN3O4S3. The highest BCUT2D eigenvalue weighted by Crippen LogP contribution is 2.33. The summed E-state index contributed by atoms with van der Waals surface area (Å²) in [5.74, 6) is -0.555. The summed E-state index contributed by atoms with van der Waals surface area (Å²) in [5, 5.41) is 0.627. The summed E-state index contributed by atoms with van der Waals surface area (Å²) >= 11 is 12.5. The van der Waals surface area contributed by atoms with E-state index in [1.54, 1.807) is 35.2 Å². The molecule has 0 saturated carbocycles. The molecule has 3 rings (SSSR count). The molecule has 0 aliphatic carbocycles. The molecule has 1 fully saturated rings. The Morgan fingerprint density at radius 2 is 1.76 bits per heavy atom. The molecule has 2 aromatic carbocycles. The van der Waals surface area contributed by atoms with E-state index >= 15 is 0 Å². The molecule has 1 aliphatic rings. The van der Waals surface area contributed by atoms with Crippen LogP contribution in [0.5, 0.6) is 0 Å². The van der Waals surface area contributed by atoms with Gasteiger partial charge in [0.05, 0.1) is 9.80 Å². The van der Waals surface area contributed by atoms with Crippen molar-refractivity contribution in [1.82, 2.24) is 15.2 Å². The number of amides is 2. The van der Waals surface area contributed by atoms with Crippen LogP contribution in [0.1, 0.15) is 36.8 Å². The van der Waals surface area contributed by atoms with E-state index in [0.717, 1.165) is 11.1 Å². The molecule has 2 aromatic rings. The van der Waals surface area contributed by atoms with Gasteiger partial charge in [0.25, 0.3) is 15.9 Å². The number of hydrogen-bond acceptors (Lipinski definition) is 6. The second kappa shape index (κ2) is 11.9. The summed E-state index contributed by atoms with van der Waals surface area (Å²) in [6.07, 6.45) is 3.85. The average Bonchev–Trinajstić information content (AvgIpc) is 3.06. The number of hydrogen-bond donors (Lipinski definition) is 2. The van der Waals surface area contributed by atoms with Gasteiger partial charge in [-0.2, -0.15) is 0 Å². The number of halogens is 1. The smallest absolute Gasteiger partial charge is 0.266 e. The maximum absolute atomic E-state index is 12.7. The first kappa shape index (κ1) is 26.4. The third-order valence-corrected chi connectivity index (χ3v) is 7.88. The van der Waals surface area contributed by atoms with E-state index < -0.39 is 15.9 Å². The zero-order chi connectivity index (χ0) is 24.7. The molecule has 0 bridgehead atoms. The molecule has 0 radical (unpaired) electrons. The number of carbonyl (C=O) groups excluding carboxylic acids is 2. The van der Waals surface area contributed by atoms with Crippen molar-refractivity contribution in [2.75, 3.05) is 6.54 Å². The first-order valence-electron chi connectivity index (χ1n) is 10.5. The quantitative estimate of drug-likeness (QED) is 0.202. The number of aryl methyl sites for hydroxylation is 1. The largest absolute Gasteiger partial charge is 0.293 e. The second-order valence-corrected chi connectivity index (χ2v) is 11.5. The summed E-state index contributed by atoms with van der Waals surface area (Å²) < 4.78 is 24.9. The summed E-state index contributed by atoms with van der Waals surface area (Å²) in [6.45, 7) is 2.32. The Labute approximate surface area is 214 Å². The van der Waals surface area contributed by atoms with Gasteiger partial charge in [0.1, 0.15) is 4.32 Å².